The van der Waals surface area contributed by atoms with Gasteiger partial charge in [0.05, 0.1) is 40.3 Å². The molecule has 69 heavy (non-hydrogen) atoms. The molecule has 0 aliphatic carbocycles. The van der Waals surface area contributed by atoms with Crippen molar-refractivity contribution < 1.29 is 55.6 Å². The third kappa shape index (κ3) is 11.8. The van der Waals surface area contributed by atoms with Crippen LogP contribution in [0.5, 0.6) is 11.5 Å². The second-order valence-corrected chi connectivity index (χ2v) is 19.1. The van der Waals surface area contributed by atoms with E-state index >= 15 is 0 Å². The number of alkyl halides is 6. The highest BCUT2D eigenvalue weighted by molar-refractivity contribution is 8.33. The Morgan fingerprint density at radius 1 is 0.594 bits per heavy atom. The summed E-state index contributed by atoms with van der Waals surface area (Å²) in [5.74, 6) is 0.904. The quantitative estimate of drug-likeness (QED) is 0.0443. The molecule has 360 valence electrons. The molecule has 0 fully saturated rings. The Morgan fingerprint density at radius 2 is 1.00 bits per heavy atom. The summed E-state index contributed by atoms with van der Waals surface area (Å²) in [6, 6.07) is 35.1. The lowest BCUT2D eigenvalue weighted by atomic mass is 9.96. The van der Waals surface area contributed by atoms with Gasteiger partial charge in [-0.3, -0.25) is 0 Å². The van der Waals surface area contributed by atoms with E-state index in [0.717, 1.165) is 57.6 Å². The van der Waals surface area contributed by atoms with Crippen LogP contribution in [0.4, 0.5) is 26.3 Å². The minimum Gasteiger partial charge on any atom is -0.486 e. The Morgan fingerprint density at radius 3 is 1.41 bits per heavy atom. The summed E-state index contributed by atoms with van der Waals surface area (Å²) in [5, 5.41) is 21.7. The maximum absolute atomic E-state index is 12.8. The molecule has 6 aromatic carbocycles. The normalized spacial score (nSPS) is 12.9. The molecule has 0 amide bonds. The Bertz CT molecular complexity index is 3010. The second-order valence-electron chi connectivity index (χ2n) is 15.2. The monoisotopic (exact) mass is 1010 g/mol. The van der Waals surface area contributed by atoms with E-state index in [1.807, 2.05) is 73.4 Å². The SMILES string of the molecule is COC(=O)C(O)c1ccccc1-c1ccc2nc(COc3ccc(C(F)(F)F)cc3)[nH]c2c1.CSC(SC)(SC)C(O)c1ccccc1-c1ccc2nc(COc3ccc(C(F)(F)F)cc3)[nH]c2c1. The van der Waals surface area contributed by atoms with Crippen LogP contribution in [0.25, 0.3) is 44.3 Å². The molecule has 2 heterocycles. The number of thioether (sulfide) groups is 3. The first kappa shape index (κ1) is 50.7. The lowest BCUT2D eigenvalue weighted by Gasteiger charge is -2.34. The molecule has 0 aliphatic rings. The van der Waals surface area contributed by atoms with Gasteiger partial charge in [-0.05, 0) is 125 Å². The van der Waals surface area contributed by atoms with Crippen molar-refractivity contribution in [1.29, 1.82) is 0 Å². The predicted molar refractivity (Wildman–Crippen MR) is 260 cm³/mol. The van der Waals surface area contributed by atoms with E-state index in [1.54, 1.807) is 65.6 Å². The molecule has 2 unspecified atom stereocenters. The number of methoxy groups -OCH3 is 1. The van der Waals surface area contributed by atoms with Gasteiger partial charge in [-0.25, -0.2) is 14.8 Å². The van der Waals surface area contributed by atoms with E-state index < -0.39 is 45.1 Å². The van der Waals surface area contributed by atoms with Crippen LogP contribution >= 0.6 is 35.3 Å². The maximum atomic E-state index is 12.8. The van der Waals surface area contributed by atoms with Crippen molar-refractivity contribution in [2.45, 2.75) is 41.2 Å². The number of nitrogens with one attached hydrogen (secondary N) is 2. The number of aromatic amines is 2. The van der Waals surface area contributed by atoms with Gasteiger partial charge >= 0.3 is 18.3 Å². The van der Waals surface area contributed by atoms with Gasteiger partial charge in [0.15, 0.2) is 6.10 Å². The summed E-state index contributed by atoms with van der Waals surface area (Å²) in [6.07, 6.45) is -4.89. The number of carbonyl (C=O) groups is 1. The van der Waals surface area contributed by atoms with Crippen molar-refractivity contribution in [1.82, 2.24) is 19.9 Å². The minimum atomic E-state index is -4.40. The zero-order chi connectivity index (χ0) is 49.5. The number of H-pyrrole nitrogens is 2. The van der Waals surface area contributed by atoms with Crippen LogP contribution in [-0.2, 0) is 35.1 Å². The van der Waals surface area contributed by atoms with Crippen LogP contribution in [0.3, 0.4) is 0 Å². The Labute approximate surface area is 405 Å². The van der Waals surface area contributed by atoms with Crippen LogP contribution in [0.1, 0.15) is 46.1 Å². The fraction of sp³-hybridized carbons (Fsp3) is 0.220. The lowest BCUT2D eigenvalue weighted by Crippen LogP contribution is -2.25. The summed E-state index contributed by atoms with van der Waals surface area (Å²) < 4.78 is 91.7. The van der Waals surface area contributed by atoms with Crippen molar-refractivity contribution in [3.05, 3.63) is 167 Å². The molecule has 0 saturated carbocycles. The molecule has 0 radical (unpaired) electrons. The molecular weight excluding hydrogens is 963 g/mol. The number of aliphatic hydroxyl groups excluding tert-OH is 2. The zero-order valence-corrected chi connectivity index (χ0v) is 39.6. The van der Waals surface area contributed by atoms with Crippen LogP contribution in [-0.4, -0.2) is 65.4 Å². The Balaban J connectivity index is 0.000000205. The van der Waals surface area contributed by atoms with Crippen molar-refractivity contribution in [3.63, 3.8) is 0 Å². The highest BCUT2D eigenvalue weighted by Gasteiger charge is 2.38. The van der Waals surface area contributed by atoms with Crippen LogP contribution in [0.15, 0.2) is 133 Å². The molecule has 0 spiro atoms. The lowest BCUT2D eigenvalue weighted by molar-refractivity contribution is -0.150. The van der Waals surface area contributed by atoms with Gasteiger partial charge in [-0.2, -0.15) is 26.3 Å². The number of benzene rings is 6. The highest BCUT2D eigenvalue weighted by Crippen LogP contribution is 2.53. The topological polar surface area (TPSA) is 143 Å². The van der Waals surface area contributed by atoms with Crippen LogP contribution in [0, 0.1) is 0 Å². The minimum absolute atomic E-state index is 0.0347. The summed E-state index contributed by atoms with van der Waals surface area (Å²) >= 11 is 4.88. The summed E-state index contributed by atoms with van der Waals surface area (Å²) in [5.41, 5.74) is 5.98. The Kier molecular flexibility index (Phi) is 15.9. The maximum Gasteiger partial charge on any atom is 0.416 e. The van der Waals surface area contributed by atoms with E-state index in [2.05, 4.69) is 24.7 Å². The first-order chi connectivity index (χ1) is 33.0. The summed E-state index contributed by atoms with van der Waals surface area (Å²) in [4.78, 5) is 27.1. The van der Waals surface area contributed by atoms with Gasteiger partial charge in [0.1, 0.15) is 45.9 Å². The number of nitrogens with zero attached hydrogens (tertiary/aromatic N) is 2. The van der Waals surface area contributed by atoms with Crippen LogP contribution in [0.2, 0.25) is 0 Å². The first-order valence-corrected chi connectivity index (χ1v) is 24.5. The van der Waals surface area contributed by atoms with E-state index in [0.29, 0.717) is 39.6 Å². The first-order valence-electron chi connectivity index (χ1n) is 20.8. The number of halogens is 6. The fourth-order valence-corrected chi connectivity index (χ4v) is 10.4. The number of esters is 1. The van der Waals surface area contributed by atoms with Gasteiger partial charge in [0.25, 0.3) is 0 Å². The fourth-order valence-electron chi connectivity index (χ4n) is 7.39. The molecule has 8 aromatic rings. The zero-order valence-electron chi connectivity index (χ0n) is 37.2. The molecule has 0 aliphatic heterocycles. The average molecular weight is 1010 g/mol. The predicted octanol–water partition coefficient (Wildman–Crippen LogP) is 12.6. The van der Waals surface area contributed by atoms with Gasteiger partial charge in [-0.15, -0.1) is 35.3 Å². The second kappa shape index (κ2) is 21.7. The van der Waals surface area contributed by atoms with E-state index in [9.17, 15) is 41.4 Å². The van der Waals surface area contributed by atoms with Crippen LogP contribution < -0.4 is 9.47 Å². The third-order valence-electron chi connectivity index (χ3n) is 10.9. The Hall–Kier alpha value is -6.12. The third-order valence-corrected chi connectivity index (χ3v) is 16.3. The number of fused-ring (bicyclic) bond motifs is 2. The van der Waals surface area contributed by atoms with Crippen molar-refractivity contribution in [2.24, 2.45) is 0 Å². The van der Waals surface area contributed by atoms with Crippen molar-refractivity contribution in [3.8, 4) is 33.8 Å². The number of hydrogen-bond acceptors (Lipinski definition) is 11. The largest absolute Gasteiger partial charge is 0.486 e. The number of aromatic nitrogens is 4. The molecule has 2 aromatic heterocycles. The number of imidazole rings is 2. The van der Waals surface area contributed by atoms with Crippen molar-refractivity contribution in [2.75, 3.05) is 25.9 Å². The van der Waals surface area contributed by atoms with E-state index in [4.69, 9.17) is 9.47 Å². The molecule has 0 saturated heterocycles. The van der Waals surface area contributed by atoms with Gasteiger partial charge in [0, 0.05) is 0 Å². The van der Waals surface area contributed by atoms with Gasteiger partial charge in [0.2, 0.25) is 0 Å². The number of rotatable bonds is 15. The molecule has 19 heteroatoms. The number of ether oxygens (including phenoxy) is 3. The number of hydrogen-bond donors (Lipinski definition) is 4. The summed E-state index contributed by atoms with van der Waals surface area (Å²) in [7, 11) is 1.21. The molecular formula is C50H44F6N4O6S3. The molecule has 0 bridgehead atoms. The molecule has 8 rings (SSSR count). The van der Waals surface area contributed by atoms with Crippen molar-refractivity contribution >= 4 is 63.3 Å². The standard InChI is InChI=1S/C26H25F3N2O2S3.C24H19F3N2O4/c1-34-26(35-2,36-3)24(32)20-7-5-4-6-19(20)16-8-13-21-22(14-16)31-23(30-21)15-33-18-11-9-17(10-12-18)25(27,28)29;1-32-23(31)22(30)18-5-3-2-4-17(18)14-6-11-19-20(12-14)29-21(28-19)13-33-16-9-7-15(8-10-16)24(25,26)27/h4-14,24,32H,15H2,1-3H3,(H,30,31);2-12,22,30H,13H2,1H3,(H,28,29). The van der Waals surface area contributed by atoms with Gasteiger partial charge in [-0.1, -0.05) is 60.7 Å². The number of carbonyl (C=O) groups excluding carboxylic acids is 1. The average Bonchev–Trinajstić information content (AvgIpc) is 3.98. The van der Waals surface area contributed by atoms with E-state index in [-0.39, 0.29) is 19.0 Å². The molecule has 10 nitrogen and oxygen atoms in total. The highest BCUT2D eigenvalue weighted by atomic mass is 32.3. The van der Waals surface area contributed by atoms with E-state index in [1.165, 1.54) is 31.4 Å². The summed E-state index contributed by atoms with van der Waals surface area (Å²) in [6.45, 7) is 0.120. The molecule has 4 N–H and O–H groups in total. The smallest absolute Gasteiger partial charge is 0.416 e. The van der Waals surface area contributed by atoms with Gasteiger partial charge < -0.3 is 34.4 Å². The number of aliphatic hydroxyl groups is 2. The molecule has 2 atom stereocenters.